The molecule has 0 radical (unpaired) electrons. The first-order valence-electron chi connectivity index (χ1n) is 4.46. The molecule has 1 aliphatic heterocycles. The fourth-order valence-electron chi connectivity index (χ4n) is 0.964. The Bertz CT molecular complexity index is 197. The first-order valence-corrected chi connectivity index (χ1v) is 4.46. The highest BCUT2D eigenvalue weighted by atomic mass is 16.7. The minimum atomic E-state index is -0.329. The third kappa shape index (κ3) is 3.16. The van der Waals surface area contributed by atoms with E-state index in [1.54, 1.807) is 5.06 Å². The van der Waals surface area contributed by atoms with Crippen LogP contribution in [0.3, 0.4) is 0 Å². The number of hydroxylamine groups is 2. The Hall–Kier alpha value is -0.870. The lowest BCUT2D eigenvalue weighted by Gasteiger charge is -2.25. The van der Waals surface area contributed by atoms with Crippen LogP contribution in [0.15, 0.2) is 12.2 Å². The standard InChI is InChI=1S/C9H15NO3/c1-3-8(2)9(11)13-10-4-6-12-7-5-10/h2-7H2,1H3. The van der Waals surface area contributed by atoms with Crippen molar-refractivity contribution in [2.75, 3.05) is 26.3 Å². The second-order valence-electron chi connectivity index (χ2n) is 2.88. The molecule has 0 saturated carbocycles. The average molecular weight is 185 g/mol. The van der Waals surface area contributed by atoms with Gasteiger partial charge in [-0.25, -0.2) is 4.79 Å². The number of hydrogen-bond donors (Lipinski definition) is 0. The van der Waals surface area contributed by atoms with Crippen LogP contribution in [0.4, 0.5) is 0 Å². The van der Waals surface area contributed by atoms with Gasteiger partial charge in [-0.2, -0.15) is 0 Å². The number of rotatable bonds is 3. The summed E-state index contributed by atoms with van der Waals surface area (Å²) in [5.41, 5.74) is 0.506. The van der Waals surface area contributed by atoms with Gasteiger partial charge in [0, 0.05) is 5.57 Å². The van der Waals surface area contributed by atoms with Crippen LogP contribution in [0.2, 0.25) is 0 Å². The molecule has 0 aromatic rings. The molecule has 4 heteroatoms. The Morgan fingerprint density at radius 3 is 2.69 bits per heavy atom. The normalized spacial score (nSPS) is 18.2. The van der Waals surface area contributed by atoms with Gasteiger partial charge >= 0.3 is 5.97 Å². The van der Waals surface area contributed by atoms with Crippen molar-refractivity contribution in [3.63, 3.8) is 0 Å². The molecule has 0 amide bonds. The number of carbonyl (C=O) groups excluding carboxylic acids is 1. The van der Waals surface area contributed by atoms with Gasteiger partial charge in [-0.05, 0) is 6.42 Å². The van der Waals surface area contributed by atoms with Crippen LogP contribution in [0.25, 0.3) is 0 Å². The third-order valence-electron chi connectivity index (χ3n) is 1.90. The molecule has 0 N–H and O–H groups in total. The van der Waals surface area contributed by atoms with Crippen molar-refractivity contribution >= 4 is 5.97 Å². The van der Waals surface area contributed by atoms with Gasteiger partial charge in [0.25, 0.3) is 0 Å². The summed E-state index contributed by atoms with van der Waals surface area (Å²) in [6.07, 6.45) is 0.628. The highest BCUT2D eigenvalue weighted by Crippen LogP contribution is 2.04. The molecule has 0 unspecified atom stereocenters. The summed E-state index contributed by atoms with van der Waals surface area (Å²) in [6.45, 7) is 8.00. The van der Waals surface area contributed by atoms with E-state index in [9.17, 15) is 4.79 Å². The topological polar surface area (TPSA) is 38.8 Å². The number of morpholine rings is 1. The van der Waals surface area contributed by atoms with Gasteiger partial charge in [0.05, 0.1) is 26.3 Å². The van der Waals surface area contributed by atoms with Crippen LogP contribution in [-0.2, 0) is 14.4 Å². The van der Waals surface area contributed by atoms with Gasteiger partial charge in [0.15, 0.2) is 0 Å². The molecule has 1 fully saturated rings. The zero-order chi connectivity index (χ0) is 9.68. The number of nitrogens with zero attached hydrogens (tertiary/aromatic N) is 1. The van der Waals surface area contributed by atoms with Crippen LogP contribution in [-0.4, -0.2) is 37.3 Å². The van der Waals surface area contributed by atoms with Crippen molar-refractivity contribution in [3.8, 4) is 0 Å². The van der Waals surface area contributed by atoms with E-state index in [-0.39, 0.29) is 5.97 Å². The summed E-state index contributed by atoms with van der Waals surface area (Å²) in [5.74, 6) is -0.329. The van der Waals surface area contributed by atoms with E-state index in [1.807, 2.05) is 6.92 Å². The smallest absolute Gasteiger partial charge is 0.352 e. The molecular weight excluding hydrogens is 170 g/mol. The average Bonchev–Trinajstić information content (AvgIpc) is 2.18. The van der Waals surface area contributed by atoms with Crippen molar-refractivity contribution in [1.29, 1.82) is 0 Å². The number of ether oxygens (including phenoxy) is 1. The van der Waals surface area contributed by atoms with Crippen LogP contribution in [0.1, 0.15) is 13.3 Å². The zero-order valence-corrected chi connectivity index (χ0v) is 7.91. The first kappa shape index (κ1) is 10.2. The number of hydrogen-bond acceptors (Lipinski definition) is 4. The molecular formula is C9H15NO3. The Kier molecular flexibility index (Phi) is 3.92. The Morgan fingerprint density at radius 2 is 2.15 bits per heavy atom. The monoisotopic (exact) mass is 185 g/mol. The summed E-state index contributed by atoms with van der Waals surface area (Å²) >= 11 is 0. The van der Waals surface area contributed by atoms with Crippen molar-refractivity contribution in [3.05, 3.63) is 12.2 Å². The van der Waals surface area contributed by atoms with E-state index in [0.717, 1.165) is 0 Å². The van der Waals surface area contributed by atoms with Crippen molar-refractivity contribution < 1.29 is 14.4 Å². The van der Waals surface area contributed by atoms with Crippen LogP contribution in [0, 0.1) is 0 Å². The van der Waals surface area contributed by atoms with Gasteiger partial charge in [-0.1, -0.05) is 13.5 Å². The second kappa shape index (κ2) is 4.99. The van der Waals surface area contributed by atoms with Crippen LogP contribution in [0.5, 0.6) is 0 Å². The maximum absolute atomic E-state index is 11.2. The lowest BCUT2D eigenvalue weighted by atomic mass is 10.2. The largest absolute Gasteiger partial charge is 0.379 e. The molecule has 0 bridgehead atoms. The third-order valence-corrected chi connectivity index (χ3v) is 1.90. The Labute approximate surface area is 78.1 Å². The predicted molar refractivity (Wildman–Crippen MR) is 47.9 cm³/mol. The van der Waals surface area contributed by atoms with Crippen molar-refractivity contribution in [2.24, 2.45) is 0 Å². The minimum absolute atomic E-state index is 0.329. The highest BCUT2D eigenvalue weighted by molar-refractivity contribution is 5.87. The van der Waals surface area contributed by atoms with Crippen molar-refractivity contribution in [2.45, 2.75) is 13.3 Å². The van der Waals surface area contributed by atoms with Gasteiger partial charge < -0.3 is 9.57 Å². The number of carbonyl (C=O) groups is 1. The van der Waals surface area contributed by atoms with E-state index < -0.39 is 0 Å². The van der Waals surface area contributed by atoms with Gasteiger partial charge in [0.1, 0.15) is 0 Å². The lowest BCUT2D eigenvalue weighted by Crippen LogP contribution is -2.38. The predicted octanol–water partition coefficient (Wildman–Crippen LogP) is 0.743. The molecule has 74 valence electrons. The molecule has 0 spiro atoms. The molecule has 1 heterocycles. The van der Waals surface area contributed by atoms with E-state index >= 15 is 0 Å². The first-order chi connectivity index (χ1) is 6.24. The molecule has 1 saturated heterocycles. The van der Waals surface area contributed by atoms with Crippen LogP contribution >= 0.6 is 0 Å². The maximum Gasteiger partial charge on any atom is 0.352 e. The highest BCUT2D eigenvalue weighted by Gasteiger charge is 2.16. The molecule has 0 atom stereocenters. The molecule has 0 aromatic heterocycles. The van der Waals surface area contributed by atoms with Crippen LogP contribution < -0.4 is 0 Å². The fraction of sp³-hybridized carbons (Fsp3) is 0.667. The van der Waals surface area contributed by atoms with Crippen molar-refractivity contribution in [1.82, 2.24) is 5.06 Å². The minimum Gasteiger partial charge on any atom is -0.379 e. The molecule has 1 aliphatic rings. The molecule has 1 rings (SSSR count). The Balaban J connectivity index is 2.30. The summed E-state index contributed by atoms with van der Waals surface area (Å²) < 4.78 is 5.11. The van der Waals surface area contributed by atoms with E-state index in [0.29, 0.717) is 38.3 Å². The maximum atomic E-state index is 11.2. The fourth-order valence-corrected chi connectivity index (χ4v) is 0.964. The summed E-state index contributed by atoms with van der Waals surface area (Å²) in [4.78, 5) is 16.3. The van der Waals surface area contributed by atoms with E-state index in [4.69, 9.17) is 9.57 Å². The van der Waals surface area contributed by atoms with E-state index in [1.165, 1.54) is 0 Å². The van der Waals surface area contributed by atoms with Gasteiger partial charge in [0.2, 0.25) is 0 Å². The summed E-state index contributed by atoms with van der Waals surface area (Å²) in [6, 6.07) is 0. The quantitative estimate of drug-likeness (QED) is 0.608. The molecule has 0 aliphatic carbocycles. The Morgan fingerprint density at radius 1 is 1.54 bits per heavy atom. The molecule has 0 aromatic carbocycles. The SMILES string of the molecule is C=C(CC)C(=O)ON1CCOCC1. The summed E-state index contributed by atoms with van der Waals surface area (Å²) in [7, 11) is 0. The van der Waals surface area contributed by atoms with Gasteiger partial charge in [-0.3, -0.25) is 0 Å². The van der Waals surface area contributed by atoms with Gasteiger partial charge in [-0.15, -0.1) is 5.06 Å². The zero-order valence-electron chi connectivity index (χ0n) is 7.91. The lowest BCUT2D eigenvalue weighted by molar-refractivity contribution is -0.200. The molecule has 4 nitrogen and oxygen atoms in total. The van der Waals surface area contributed by atoms with E-state index in [2.05, 4.69) is 6.58 Å². The summed E-state index contributed by atoms with van der Waals surface area (Å²) in [5, 5.41) is 1.62. The second-order valence-corrected chi connectivity index (χ2v) is 2.88. The molecule has 13 heavy (non-hydrogen) atoms.